The molecule has 1 aromatic heterocycles. The van der Waals surface area contributed by atoms with Crippen LogP contribution in [0.3, 0.4) is 0 Å². The zero-order valence-corrected chi connectivity index (χ0v) is 12.1. The van der Waals surface area contributed by atoms with Gasteiger partial charge in [-0.2, -0.15) is 5.26 Å². The average Bonchev–Trinajstić information content (AvgIpc) is 2.97. The molecule has 1 unspecified atom stereocenters. The minimum Gasteiger partial charge on any atom is -0.369 e. The summed E-state index contributed by atoms with van der Waals surface area (Å²) in [6.07, 6.45) is 1.93. The van der Waals surface area contributed by atoms with Crippen molar-refractivity contribution in [2.75, 3.05) is 0 Å². The van der Waals surface area contributed by atoms with Crippen LogP contribution in [0.25, 0.3) is 22.0 Å². The smallest absolute Gasteiger partial charge is 0.224 e. The van der Waals surface area contributed by atoms with Crippen molar-refractivity contribution in [3.8, 4) is 17.2 Å². The third-order valence-corrected chi connectivity index (χ3v) is 3.96. The van der Waals surface area contributed by atoms with E-state index < -0.39 is 0 Å². The molecule has 4 nitrogen and oxygen atoms in total. The first kappa shape index (κ1) is 13.9. The SMILES string of the molecule is CC(C(N)=O)c1ccc(-c2c[nH]c3ccc(C#N)cc23)cc1. The second-order valence-corrected chi connectivity index (χ2v) is 5.32. The van der Waals surface area contributed by atoms with E-state index in [1.54, 1.807) is 13.0 Å². The first-order chi connectivity index (χ1) is 10.6. The van der Waals surface area contributed by atoms with E-state index in [9.17, 15) is 4.79 Å². The van der Waals surface area contributed by atoms with Gasteiger partial charge in [0.15, 0.2) is 0 Å². The summed E-state index contributed by atoms with van der Waals surface area (Å²) in [5.41, 5.74) is 9.91. The highest BCUT2D eigenvalue weighted by Crippen LogP contribution is 2.30. The van der Waals surface area contributed by atoms with Crippen LogP contribution in [-0.2, 0) is 4.79 Å². The maximum absolute atomic E-state index is 11.2. The number of hydrogen-bond donors (Lipinski definition) is 2. The zero-order valence-electron chi connectivity index (χ0n) is 12.1. The maximum atomic E-state index is 11.2. The first-order valence-corrected chi connectivity index (χ1v) is 7.01. The molecule has 0 spiro atoms. The van der Waals surface area contributed by atoms with E-state index in [1.165, 1.54) is 0 Å². The Bertz CT molecular complexity index is 885. The third kappa shape index (κ3) is 2.33. The molecular weight excluding hydrogens is 274 g/mol. The number of carbonyl (C=O) groups excluding carboxylic acids is 1. The summed E-state index contributed by atoms with van der Waals surface area (Å²) in [5.74, 6) is -0.638. The monoisotopic (exact) mass is 289 g/mol. The molecule has 0 saturated heterocycles. The summed E-state index contributed by atoms with van der Waals surface area (Å²) in [6.45, 7) is 1.79. The molecular formula is C18H15N3O. The number of nitriles is 1. The largest absolute Gasteiger partial charge is 0.369 e. The third-order valence-electron chi connectivity index (χ3n) is 3.96. The Kier molecular flexibility index (Phi) is 3.40. The van der Waals surface area contributed by atoms with Crippen LogP contribution in [0, 0.1) is 11.3 Å². The van der Waals surface area contributed by atoms with Crippen LogP contribution in [0.1, 0.15) is 24.0 Å². The highest BCUT2D eigenvalue weighted by molar-refractivity contribution is 5.96. The lowest BCUT2D eigenvalue weighted by molar-refractivity contribution is -0.119. The molecule has 3 rings (SSSR count). The second-order valence-electron chi connectivity index (χ2n) is 5.32. The fraction of sp³-hybridized carbons (Fsp3) is 0.111. The van der Waals surface area contributed by atoms with E-state index in [0.717, 1.165) is 27.6 Å². The summed E-state index contributed by atoms with van der Waals surface area (Å²) in [7, 11) is 0. The maximum Gasteiger partial charge on any atom is 0.224 e. The van der Waals surface area contributed by atoms with E-state index >= 15 is 0 Å². The molecule has 2 aromatic carbocycles. The van der Waals surface area contributed by atoms with Crippen molar-refractivity contribution in [1.29, 1.82) is 5.26 Å². The Balaban J connectivity index is 2.04. The van der Waals surface area contributed by atoms with Gasteiger partial charge in [-0.15, -0.1) is 0 Å². The Hall–Kier alpha value is -3.06. The van der Waals surface area contributed by atoms with Crippen LogP contribution in [0.2, 0.25) is 0 Å². The van der Waals surface area contributed by atoms with Crippen LogP contribution in [-0.4, -0.2) is 10.9 Å². The van der Waals surface area contributed by atoms with Crippen LogP contribution in [0.15, 0.2) is 48.7 Å². The Morgan fingerprint density at radius 3 is 2.59 bits per heavy atom. The molecule has 22 heavy (non-hydrogen) atoms. The van der Waals surface area contributed by atoms with Gasteiger partial charge in [-0.1, -0.05) is 24.3 Å². The number of rotatable bonds is 3. The number of nitrogens with one attached hydrogen (secondary N) is 1. The van der Waals surface area contributed by atoms with E-state index in [1.807, 2.05) is 42.6 Å². The van der Waals surface area contributed by atoms with E-state index in [-0.39, 0.29) is 11.8 Å². The Morgan fingerprint density at radius 1 is 1.23 bits per heavy atom. The topological polar surface area (TPSA) is 82.7 Å². The van der Waals surface area contributed by atoms with Crippen molar-refractivity contribution in [1.82, 2.24) is 4.98 Å². The number of amides is 1. The van der Waals surface area contributed by atoms with Crippen molar-refractivity contribution >= 4 is 16.8 Å². The van der Waals surface area contributed by atoms with Gasteiger partial charge in [0.25, 0.3) is 0 Å². The summed E-state index contributed by atoms with van der Waals surface area (Å²) in [6, 6.07) is 15.5. The van der Waals surface area contributed by atoms with Crippen molar-refractivity contribution in [3.05, 3.63) is 59.8 Å². The van der Waals surface area contributed by atoms with Crippen LogP contribution < -0.4 is 5.73 Å². The Labute approximate surface area is 128 Å². The van der Waals surface area contributed by atoms with Gasteiger partial charge >= 0.3 is 0 Å². The minimum atomic E-state index is -0.335. The van der Waals surface area contributed by atoms with Gasteiger partial charge in [0.05, 0.1) is 17.6 Å². The molecule has 1 atom stereocenters. The van der Waals surface area contributed by atoms with E-state index in [0.29, 0.717) is 5.56 Å². The fourth-order valence-electron chi connectivity index (χ4n) is 2.54. The number of primary amides is 1. The quantitative estimate of drug-likeness (QED) is 0.775. The molecule has 1 amide bonds. The highest BCUT2D eigenvalue weighted by Gasteiger charge is 2.12. The van der Waals surface area contributed by atoms with Crippen molar-refractivity contribution < 1.29 is 4.79 Å². The second kappa shape index (κ2) is 5.38. The standard InChI is InChI=1S/C18H15N3O/c1-11(18(20)22)13-3-5-14(6-4-13)16-10-21-17-7-2-12(9-19)8-15(16)17/h2-8,10-11,21H,1H3,(H2,20,22). The minimum absolute atomic E-state index is 0.304. The number of nitrogens with two attached hydrogens (primary N) is 1. The molecule has 0 aliphatic heterocycles. The number of nitrogens with zero attached hydrogens (tertiary/aromatic N) is 1. The molecule has 108 valence electrons. The number of carbonyl (C=O) groups is 1. The lowest BCUT2D eigenvalue weighted by atomic mass is 9.97. The molecule has 0 fully saturated rings. The number of H-pyrrole nitrogens is 1. The number of benzene rings is 2. The molecule has 0 saturated carbocycles. The summed E-state index contributed by atoms with van der Waals surface area (Å²) < 4.78 is 0. The molecule has 3 N–H and O–H groups in total. The highest BCUT2D eigenvalue weighted by atomic mass is 16.1. The van der Waals surface area contributed by atoms with Gasteiger partial charge in [-0.05, 0) is 36.2 Å². The van der Waals surface area contributed by atoms with Gasteiger partial charge < -0.3 is 10.7 Å². The number of aromatic amines is 1. The number of fused-ring (bicyclic) bond motifs is 1. The summed E-state index contributed by atoms with van der Waals surface area (Å²) >= 11 is 0. The zero-order chi connectivity index (χ0) is 15.7. The van der Waals surface area contributed by atoms with Crippen LogP contribution >= 0.6 is 0 Å². The molecule has 1 heterocycles. The van der Waals surface area contributed by atoms with Gasteiger partial charge in [-0.3, -0.25) is 4.79 Å². The molecule has 0 aliphatic rings. The molecule has 0 bridgehead atoms. The van der Waals surface area contributed by atoms with Gasteiger partial charge in [0, 0.05) is 22.7 Å². The van der Waals surface area contributed by atoms with Crippen LogP contribution in [0.4, 0.5) is 0 Å². The van der Waals surface area contributed by atoms with Gasteiger partial charge in [0.2, 0.25) is 5.91 Å². The van der Waals surface area contributed by atoms with Crippen molar-refractivity contribution in [3.63, 3.8) is 0 Å². The Morgan fingerprint density at radius 2 is 1.95 bits per heavy atom. The number of hydrogen-bond acceptors (Lipinski definition) is 2. The fourth-order valence-corrected chi connectivity index (χ4v) is 2.54. The number of aromatic nitrogens is 1. The predicted molar refractivity (Wildman–Crippen MR) is 86.1 cm³/mol. The lowest BCUT2D eigenvalue weighted by Crippen LogP contribution is -2.18. The normalized spacial score (nSPS) is 12.0. The molecule has 4 heteroatoms. The summed E-state index contributed by atoms with van der Waals surface area (Å²) in [4.78, 5) is 14.5. The van der Waals surface area contributed by atoms with Gasteiger partial charge in [0.1, 0.15) is 0 Å². The van der Waals surface area contributed by atoms with Gasteiger partial charge in [-0.25, -0.2) is 0 Å². The van der Waals surface area contributed by atoms with Crippen LogP contribution in [0.5, 0.6) is 0 Å². The first-order valence-electron chi connectivity index (χ1n) is 7.01. The van der Waals surface area contributed by atoms with E-state index in [4.69, 9.17) is 11.0 Å². The van der Waals surface area contributed by atoms with E-state index in [2.05, 4.69) is 11.1 Å². The van der Waals surface area contributed by atoms with Crippen molar-refractivity contribution in [2.45, 2.75) is 12.8 Å². The summed E-state index contributed by atoms with van der Waals surface area (Å²) in [5, 5.41) is 10.1. The predicted octanol–water partition coefficient (Wildman–Crippen LogP) is 3.30. The molecule has 0 aliphatic carbocycles. The lowest BCUT2D eigenvalue weighted by Gasteiger charge is -2.08. The van der Waals surface area contributed by atoms with Crippen molar-refractivity contribution in [2.24, 2.45) is 5.73 Å². The molecule has 0 radical (unpaired) electrons. The average molecular weight is 289 g/mol. The molecule has 3 aromatic rings.